The van der Waals surface area contributed by atoms with Crippen LogP contribution in [0.4, 0.5) is 14.5 Å². The molecule has 0 aliphatic heterocycles. The second-order valence-corrected chi connectivity index (χ2v) is 6.35. The van der Waals surface area contributed by atoms with Crippen LogP contribution in [0, 0.1) is 10.1 Å². The second kappa shape index (κ2) is 8.77. The van der Waals surface area contributed by atoms with Gasteiger partial charge in [0, 0.05) is 11.6 Å². The van der Waals surface area contributed by atoms with Crippen LogP contribution in [-0.2, 0) is 0 Å². The van der Waals surface area contributed by atoms with E-state index in [1.165, 1.54) is 55.7 Å². The first-order valence-corrected chi connectivity index (χ1v) is 8.36. The molecule has 0 saturated carbocycles. The van der Waals surface area contributed by atoms with Crippen molar-refractivity contribution in [3.63, 3.8) is 0 Å². The Morgan fingerprint density at radius 2 is 2.04 bits per heavy atom. The lowest BCUT2D eigenvalue weighted by atomic mass is 10.1. The Bertz CT molecular complexity index is 874. The summed E-state index contributed by atoms with van der Waals surface area (Å²) in [6, 6.07) is 8.29. The molecular formula is C17H12ClF2NO4S. The van der Waals surface area contributed by atoms with Gasteiger partial charge >= 0.3 is 0 Å². The molecule has 2 aromatic carbocycles. The van der Waals surface area contributed by atoms with Crippen molar-refractivity contribution in [1.82, 2.24) is 0 Å². The summed E-state index contributed by atoms with van der Waals surface area (Å²) in [6.07, 6.45) is 2.63. The summed E-state index contributed by atoms with van der Waals surface area (Å²) in [4.78, 5) is 22.7. The molecule has 0 aliphatic carbocycles. The maximum atomic E-state index is 12.5. The number of carbonyl (C=O) groups is 1. The van der Waals surface area contributed by atoms with E-state index >= 15 is 0 Å². The fourth-order valence-electron chi connectivity index (χ4n) is 2.06. The number of methoxy groups -OCH3 is 1. The fourth-order valence-corrected chi connectivity index (χ4v) is 2.84. The van der Waals surface area contributed by atoms with Crippen molar-refractivity contribution in [2.45, 2.75) is 10.7 Å². The van der Waals surface area contributed by atoms with Gasteiger partial charge in [0.1, 0.15) is 10.8 Å². The van der Waals surface area contributed by atoms with E-state index in [1.807, 2.05) is 0 Å². The van der Waals surface area contributed by atoms with Gasteiger partial charge in [-0.2, -0.15) is 8.78 Å². The van der Waals surface area contributed by atoms with Crippen LogP contribution in [0.3, 0.4) is 0 Å². The Hall–Kier alpha value is -2.45. The number of carbonyl (C=O) groups excluding carboxylic acids is 1. The summed E-state index contributed by atoms with van der Waals surface area (Å²) in [6.45, 7) is 0. The highest BCUT2D eigenvalue weighted by molar-refractivity contribution is 7.99. The zero-order chi connectivity index (χ0) is 19.3. The molecule has 2 rings (SSSR count). The van der Waals surface area contributed by atoms with Crippen LogP contribution in [0.25, 0.3) is 6.08 Å². The topological polar surface area (TPSA) is 69.4 Å². The third-order valence-corrected chi connectivity index (χ3v) is 4.35. The smallest absolute Gasteiger partial charge is 0.289 e. The van der Waals surface area contributed by atoms with E-state index < -0.39 is 16.5 Å². The summed E-state index contributed by atoms with van der Waals surface area (Å²) < 4.78 is 30.0. The number of ketones is 1. The number of allylic oxidation sites excluding steroid dienone is 1. The highest BCUT2D eigenvalue weighted by Crippen LogP contribution is 2.34. The van der Waals surface area contributed by atoms with Crippen molar-refractivity contribution < 1.29 is 23.2 Å². The number of alkyl halides is 2. The van der Waals surface area contributed by atoms with E-state index in [9.17, 15) is 23.7 Å². The summed E-state index contributed by atoms with van der Waals surface area (Å²) in [5, 5.41) is 10.9. The summed E-state index contributed by atoms with van der Waals surface area (Å²) in [5.74, 6) is -2.85. The maximum Gasteiger partial charge on any atom is 0.289 e. The van der Waals surface area contributed by atoms with E-state index in [2.05, 4.69) is 0 Å². The molecule has 0 fully saturated rings. The lowest BCUT2D eigenvalue weighted by Gasteiger charge is -2.08. The molecule has 9 heteroatoms. The van der Waals surface area contributed by atoms with Crippen LogP contribution in [-0.4, -0.2) is 23.6 Å². The molecule has 0 aliphatic rings. The zero-order valence-corrected chi connectivity index (χ0v) is 14.9. The molecule has 0 spiro atoms. The number of ether oxygens (including phenoxy) is 1. The predicted octanol–water partition coefficient (Wildman–Crippen LogP) is 5.47. The van der Waals surface area contributed by atoms with Crippen molar-refractivity contribution in [2.75, 3.05) is 7.11 Å². The van der Waals surface area contributed by atoms with Crippen LogP contribution >= 0.6 is 23.4 Å². The van der Waals surface area contributed by atoms with Crippen LogP contribution in [0.1, 0.15) is 15.9 Å². The lowest BCUT2D eigenvalue weighted by Crippen LogP contribution is -1.97. The minimum absolute atomic E-state index is 0.00432. The van der Waals surface area contributed by atoms with Crippen molar-refractivity contribution >= 4 is 40.9 Å². The molecule has 0 unspecified atom stereocenters. The molecule has 0 atom stereocenters. The van der Waals surface area contributed by atoms with Crippen LogP contribution in [0.15, 0.2) is 47.4 Å². The highest BCUT2D eigenvalue weighted by atomic mass is 35.5. The van der Waals surface area contributed by atoms with Crippen molar-refractivity contribution in [2.24, 2.45) is 0 Å². The van der Waals surface area contributed by atoms with Crippen molar-refractivity contribution in [3.8, 4) is 5.75 Å². The van der Waals surface area contributed by atoms with Gasteiger partial charge in [0.2, 0.25) is 0 Å². The number of benzene rings is 2. The quantitative estimate of drug-likeness (QED) is 0.203. The average Bonchev–Trinajstić information content (AvgIpc) is 2.60. The van der Waals surface area contributed by atoms with Gasteiger partial charge in [0.25, 0.3) is 11.4 Å². The molecule has 136 valence electrons. The molecule has 2 aromatic rings. The van der Waals surface area contributed by atoms with Gasteiger partial charge < -0.3 is 4.74 Å². The third-order valence-electron chi connectivity index (χ3n) is 3.26. The molecule has 0 amide bonds. The highest BCUT2D eigenvalue weighted by Gasteiger charge is 2.14. The maximum absolute atomic E-state index is 12.5. The van der Waals surface area contributed by atoms with E-state index in [0.29, 0.717) is 17.3 Å². The fraction of sp³-hybridized carbons (Fsp3) is 0.118. The number of rotatable bonds is 7. The van der Waals surface area contributed by atoms with E-state index in [0.717, 1.165) is 0 Å². The van der Waals surface area contributed by atoms with Gasteiger partial charge in [-0.25, -0.2) is 0 Å². The molecule has 0 saturated heterocycles. The lowest BCUT2D eigenvalue weighted by molar-refractivity contribution is -0.384. The minimum Gasteiger partial charge on any atom is -0.496 e. The van der Waals surface area contributed by atoms with Crippen LogP contribution in [0.5, 0.6) is 5.75 Å². The Balaban J connectivity index is 2.23. The molecule has 26 heavy (non-hydrogen) atoms. The number of thioether (sulfide) groups is 1. The molecule has 0 bridgehead atoms. The Kier molecular flexibility index (Phi) is 6.70. The van der Waals surface area contributed by atoms with E-state index in [4.69, 9.17) is 16.3 Å². The van der Waals surface area contributed by atoms with Gasteiger partial charge in [0.15, 0.2) is 5.78 Å². The first-order valence-electron chi connectivity index (χ1n) is 7.11. The molecule has 0 heterocycles. The first-order chi connectivity index (χ1) is 12.3. The van der Waals surface area contributed by atoms with Gasteiger partial charge in [-0.1, -0.05) is 35.5 Å². The summed E-state index contributed by atoms with van der Waals surface area (Å²) in [5.41, 5.74) is 0.391. The molecule has 0 N–H and O–H groups in total. The second-order valence-electron chi connectivity index (χ2n) is 4.91. The number of hydrogen-bond acceptors (Lipinski definition) is 5. The third kappa shape index (κ3) is 5.03. The first kappa shape index (κ1) is 19.9. The average molecular weight is 400 g/mol. The Labute approximate surface area is 156 Å². The number of nitro groups is 1. The van der Waals surface area contributed by atoms with E-state index in [-0.39, 0.29) is 26.9 Å². The van der Waals surface area contributed by atoms with Crippen LogP contribution in [0.2, 0.25) is 5.02 Å². The number of hydrogen-bond donors (Lipinski definition) is 0. The zero-order valence-electron chi connectivity index (χ0n) is 13.3. The summed E-state index contributed by atoms with van der Waals surface area (Å²) >= 11 is 6.05. The largest absolute Gasteiger partial charge is 0.496 e. The predicted molar refractivity (Wildman–Crippen MR) is 96.3 cm³/mol. The van der Waals surface area contributed by atoms with Gasteiger partial charge in [-0.05, 0) is 35.9 Å². The normalized spacial score (nSPS) is 11.1. The molecule has 5 nitrogen and oxygen atoms in total. The molecule has 0 aromatic heterocycles. The van der Waals surface area contributed by atoms with Crippen molar-refractivity contribution in [1.29, 1.82) is 0 Å². The SMILES string of the molecule is COc1cc(C(=O)/C=C/c2ccc(Cl)c([N+](=O)[O-])c2)ccc1SC(F)F. The molecular weight excluding hydrogens is 388 g/mol. The monoisotopic (exact) mass is 399 g/mol. The number of halogens is 3. The molecule has 0 radical (unpaired) electrons. The minimum atomic E-state index is -2.61. The standard InChI is InChI=1S/C17H12ClF2NO4S/c1-25-15-9-11(4-7-16(15)26-17(19)20)14(22)6-3-10-2-5-12(18)13(8-10)21(23)24/h2-9,17H,1H3/b6-3+. The number of nitro benzene ring substituents is 1. The van der Waals surface area contributed by atoms with Crippen molar-refractivity contribution in [3.05, 3.63) is 68.7 Å². The van der Waals surface area contributed by atoms with Gasteiger partial charge in [0.05, 0.1) is 16.9 Å². The van der Waals surface area contributed by atoms with E-state index in [1.54, 1.807) is 0 Å². The number of nitrogens with zero attached hydrogens (tertiary/aromatic N) is 1. The Morgan fingerprint density at radius 1 is 1.31 bits per heavy atom. The van der Waals surface area contributed by atoms with Gasteiger partial charge in [-0.3, -0.25) is 14.9 Å². The Morgan fingerprint density at radius 3 is 2.65 bits per heavy atom. The van der Waals surface area contributed by atoms with Crippen LogP contribution < -0.4 is 4.74 Å². The summed E-state index contributed by atoms with van der Waals surface area (Å²) in [7, 11) is 1.32. The van der Waals surface area contributed by atoms with Gasteiger partial charge in [-0.15, -0.1) is 0 Å².